The van der Waals surface area contributed by atoms with Gasteiger partial charge in [0.25, 0.3) is 0 Å². The second-order valence-corrected chi connectivity index (χ2v) is 3.94. The molecule has 0 aromatic rings. The summed E-state index contributed by atoms with van der Waals surface area (Å²) in [5.74, 6) is 0. The van der Waals surface area contributed by atoms with Gasteiger partial charge in [0.15, 0.2) is 0 Å². The highest BCUT2D eigenvalue weighted by Crippen LogP contribution is 2.23. The molecule has 1 aliphatic rings. The molecule has 0 aromatic heterocycles. The van der Waals surface area contributed by atoms with Crippen LogP contribution in [-0.4, -0.2) is 75.7 Å². The average Bonchev–Trinajstić information content (AvgIpc) is 2.30. The van der Waals surface area contributed by atoms with E-state index in [0.29, 0.717) is 13.1 Å². The second kappa shape index (κ2) is 5.90. The summed E-state index contributed by atoms with van der Waals surface area (Å²) in [7, 11) is 0. The zero-order valence-corrected chi connectivity index (χ0v) is 9.65. The topological polar surface area (TPSA) is 93.4 Å². The molecule has 6 heteroatoms. The van der Waals surface area contributed by atoms with Crippen LogP contribution in [0.3, 0.4) is 0 Å². The lowest BCUT2D eigenvalue weighted by Gasteiger charge is -2.44. The molecular weight excluding hydrogens is 214 g/mol. The molecular formula is C10H21NO5. The molecule has 6 nitrogen and oxygen atoms in total. The van der Waals surface area contributed by atoms with Crippen LogP contribution in [-0.2, 0) is 4.74 Å². The largest absolute Gasteiger partial charge is 0.394 e. The summed E-state index contributed by atoms with van der Waals surface area (Å²) in [5.41, 5.74) is 0. The first kappa shape index (κ1) is 13.8. The minimum atomic E-state index is -1.29. The standard InChI is InChI=1S/C10H21NO5/c1-3-11(4-2)10-9(15)8(14)7(13)6(5-12)16-10/h6-10,12-15H,3-5H2,1-2H3/t6-,7-,8+,9-,10-/m1/s1. The van der Waals surface area contributed by atoms with Crippen molar-refractivity contribution in [1.29, 1.82) is 0 Å². The average molecular weight is 235 g/mol. The number of hydrogen-bond acceptors (Lipinski definition) is 6. The van der Waals surface area contributed by atoms with E-state index in [2.05, 4.69) is 0 Å². The van der Waals surface area contributed by atoms with Crippen LogP contribution in [0.4, 0.5) is 0 Å². The number of nitrogens with zero attached hydrogens (tertiary/aromatic N) is 1. The molecule has 0 unspecified atom stereocenters. The normalized spacial score (nSPS) is 40.3. The van der Waals surface area contributed by atoms with Gasteiger partial charge in [-0.25, -0.2) is 0 Å². The second-order valence-electron chi connectivity index (χ2n) is 3.94. The Morgan fingerprint density at radius 2 is 1.56 bits per heavy atom. The molecule has 1 rings (SSSR count). The van der Waals surface area contributed by atoms with Crippen LogP contribution in [0.25, 0.3) is 0 Å². The van der Waals surface area contributed by atoms with Crippen LogP contribution in [0, 0.1) is 0 Å². The van der Waals surface area contributed by atoms with Gasteiger partial charge >= 0.3 is 0 Å². The van der Waals surface area contributed by atoms with Crippen molar-refractivity contribution in [2.75, 3.05) is 19.7 Å². The van der Waals surface area contributed by atoms with Crippen LogP contribution in [0.1, 0.15) is 13.8 Å². The quantitative estimate of drug-likeness (QED) is 0.456. The summed E-state index contributed by atoms with van der Waals surface area (Å²) in [5, 5.41) is 38.0. The van der Waals surface area contributed by atoms with E-state index in [1.807, 2.05) is 18.7 Å². The molecule has 0 aliphatic carbocycles. The monoisotopic (exact) mass is 235 g/mol. The Bertz CT molecular complexity index is 207. The molecule has 0 aromatic carbocycles. The van der Waals surface area contributed by atoms with Crippen molar-refractivity contribution in [3.8, 4) is 0 Å². The van der Waals surface area contributed by atoms with Gasteiger partial charge in [-0.3, -0.25) is 4.90 Å². The van der Waals surface area contributed by atoms with Crippen molar-refractivity contribution in [2.24, 2.45) is 0 Å². The fourth-order valence-electron chi connectivity index (χ4n) is 1.97. The van der Waals surface area contributed by atoms with Crippen molar-refractivity contribution in [1.82, 2.24) is 4.90 Å². The first-order chi connectivity index (χ1) is 7.56. The fraction of sp³-hybridized carbons (Fsp3) is 1.00. The first-order valence-corrected chi connectivity index (χ1v) is 5.61. The Morgan fingerprint density at radius 3 is 2.00 bits per heavy atom. The van der Waals surface area contributed by atoms with Crippen molar-refractivity contribution < 1.29 is 25.2 Å². The van der Waals surface area contributed by atoms with E-state index in [1.165, 1.54) is 0 Å². The summed E-state index contributed by atoms with van der Waals surface area (Å²) in [4.78, 5) is 1.82. The molecule has 0 bridgehead atoms. The third kappa shape index (κ3) is 2.53. The lowest BCUT2D eigenvalue weighted by molar-refractivity contribution is -0.264. The Labute approximate surface area is 95.1 Å². The van der Waals surface area contributed by atoms with Crippen LogP contribution >= 0.6 is 0 Å². The Kier molecular flexibility index (Phi) is 5.10. The third-order valence-corrected chi connectivity index (χ3v) is 3.04. The number of aliphatic hydroxyl groups excluding tert-OH is 4. The number of likely N-dealkylation sites (N-methyl/N-ethyl adjacent to an activating group) is 1. The molecule has 1 fully saturated rings. The highest BCUT2D eigenvalue weighted by atomic mass is 16.6. The highest BCUT2D eigenvalue weighted by Gasteiger charge is 2.44. The molecule has 1 heterocycles. The summed E-state index contributed by atoms with van der Waals surface area (Å²) >= 11 is 0. The zero-order chi connectivity index (χ0) is 12.3. The van der Waals surface area contributed by atoms with Crippen LogP contribution in [0.5, 0.6) is 0 Å². The van der Waals surface area contributed by atoms with Gasteiger partial charge in [-0.15, -0.1) is 0 Å². The summed E-state index contributed by atoms with van der Waals surface area (Å²) < 4.78 is 5.39. The number of rotatable bonds is 4. The summed E-state index contributed by atoms with van der Waals surface area (Å²) in [6.07, 6.45) is -5.27. The molecule has 0 radical (unpaired) electrons. The fourth-order valence-corrected chi connectivity index (χ4v) is 1.97. The Morgan fingerprint density at radius 1 is 1.00 bits per heavy atom. The molecule has 4 N–H and O–H groups in total. The molecule has 0 saturated carbocycles. The van der Waals surface area contributed by atoms with Gasteiger partial charge in [-0.2, -0.15) is 0 Å². The van der Waals surface area contributed by atoms with Gasteiger partial charge in [0, 0.05) is 0 Å². The van der Waals surface area contributed by atoms with Gasteiger partial charge in [0.2, 0.25) is 0 Å². The number of hydrogen-bond donors (Lipinski definition) is 4. The van der Waals surface area contributed by atoms with E-state index < -0.39 is 30.6 Å². The predicted octanol–water partition coefficient (Wildman–Crippen LogP) is -1.87. The highest BCUT2D eigenvalue weighted by molar-refractivity contribution is 4.91. The van der Waals surface area contributed by atoms with Gasteiger partial charge in [0.05, 0.1) is 6.61 Å². The third-order valence-electron chi connectivity index (χ3n) is 3.04. The van der Waals surface area contributed by atoms with Gasteiger partial charge in [-0.05, 0) is 13.1 Å². The molecule has 96 valence electrons. The van der Waals surface area contributed by atoms with Crippen molar-refractivity contribution in [2.45, 2.75) is 44.5 Å². The van der Waals surface area contributed by atoms with E-state index in [4.69, 9.17) is 9.84 Å². The molecule has 5 atom stereocenters. The maximum Gasteiger partial charge on any atom is 0.140 e. The molecule has 0 spiro atoms. The first-order valence-electron chi connectivity index (χ1n) is 5.61. The predicted molar refractivity (Wildman–Crippen MR) is 56.7 cm³/mol. The lowest BCUT2D eigenvalue weighted by atomic mass is 9.98. The van der Waals surface area contributed by atoms with Crippen LogP contribution in [0.2, 0.25) is 0 Å². The smallest absolute Gasteiger partial charge is 0.140 e. The minimum Gasteiger partial charge on any atom is -0.394 e. The van der Waals surface area contributed by atoms with Crippen LogP contribution in [0.15, 0.2) is 0 Å². The van der Waals surface area contributed by atoms with E-state index in [-0.39, 0.29) is 6.61 Å². The molecule has 1 saturated heterocycles. The SMILES string of the molecule is CCN(CC)[C@@H]1O[C@H](CO)[C@@H](O)[C@H](O)[C@H]1O. The maximum absolute atomic E-state index is 9.80. The Hall–Kier alpha value is -0.240. The number of ether oxygens (including phenoxy) is 1. The van der Waals surface area contributed by atoms with E-state index in [1.54, 1.807) is 0 Å². The minimum absolute atomic E-state index is 0.386. The lowest BCUT2D eigenvalue weighted by Crippen LogP contribution is -2.63. The van der Waals surface area contributed by atoms with Crippen LogP contribution < -0.4 is 0 Å². The number of aliphatic hydroxyl groups is 4. The summed E-state index contributed by atoms with van der Waals surface area (Å²) in [6.45, 7) is 4.73. The van der Waals surface area contributed by atoms with Gasteiger partial charge in [0.1, 0.15) is 30.6 Å². The van der Waals surface area contributed by atoms with Crippen molar-refractivity contribution >= 4 is 0 Å². The van der Waals surface area contributed by atoms with Crippen molar-refractivity contribution in [3.63, 3.8) is 0 Å². The maximum atomic E-state index is 9.80. The molecule has 16 heavy (non-hydrogen) atoms. The zero-order valence-electron chi connectivity index (χ0n) is 9.65. The Balaban J connectivity index is 2.77. The molecule has 1 aliphatic heterocycles. The van der Waals surface area contributed by atoms with E-state index >= 15 is 0 Å². The van der Waals surface area contributed by atoms with Gasteiger partial charge in [-0.1, -0.05) is 13.8 Å². The van der Waals surface area contributed by atoms with Gasteiger partial charge < -0.3 is 25.2 Å². The van der Waals surface area contributed by atoms with E-state index in [9.17, 15) is 15.3 Å². The van der Waals surface area contributed by atoms with E-state index in [0.717, 1.165) is 0 Å². The summed E-state index contributed by atoms with van der Waals surface area (Å²) in [6, 6.07) is 0. The molecule has 0 amide bonds. The van der Waals surface area contributed by atoms with Crippen molar-refractivity contribution in [3.05, 3.63) is 0 Å².